The van der Waals surface area contributed by atoms with Gasteiger partial charge in [0, 0.05) is 23.5 Å². The first-order valence-electron chi connectivity index (χ1n) is 9.70. The molecule has 0 spiro atoms. The second-order valence-corrected chi connectivity index (χ2v) is 7.26. The average Bonchev–Trinajstić information content (AvgIpc) is 2.74. The summed E-state index contributed by atoms with van der Waals surface area (Å²) in [5.74, 6) is -0.0936. The van der Waals surface area contributed by atoms with E-state index in [9.17, 15) is 9.59 Å². The van der Waals surface area contributed by atoms with E-state index in [2.05, 4.69) is 16.0 Å². The molecule has 1 heterocycles. The molecule has 0 fully saturated rings. The number of fused-ring (bicyclic) bond motifs is 1. The van der Waals surface area contributed by atoms with Crippen LogP contribution in [0.15, 0.2) is 72.8 Å². The van der Waals surface area contributed by atoms with E-state index in [4.69, 9.17) is 0 Å². The molecule has 0 aromatic heterocycles. The minimum atomic E-state index is -0.547. The third-order valence-electron chi connectivity index (χ3n) is 5.03. The van der Waals surface area contributed by atoms with Gasteiger partial charge in [-0.25, -0.2) is 0 Å². The van der Waals surface area contributed by atoms with E-state index in [1.54, 1.807) is 0 Å². The third kappa shape index (κ3) is 4.46. The van der Waals surface area contributed by atoms with Gasteiger partial charge < -0.3 is 16.0 Å². The first kappa shape index (κ1) is 18.7. The van der Waals surface area contributed by atoms with Crippen molar-refractivity contribution >= 4 is 28.9 Å². The summed E-state index contributed by atoms with van der Waals surface area (Å²) < 4.78 is 0. The zero-order chi connectivity index (χ0) is 20.2. The Labute approximate surface area is 170 Å². The maximum Gasteiger partial charge on any atom is 0.251 e. The summed E-state index contributed by atoms with van der Waals surface area (Å²) in [6.45, 7) is 2.01. The van der Waals surface area contributed by atoms with Gasteiger partial charge in [-0.15, -0.1) is 0 Å². The molecule has 3 N–H and O–H groups in total. The number of benzene rings is 3. The second-order valence-electron chi connectivity index (χ2n) is 7.26. The molecule has 0 radical (unpaired) electrons. The fraction of sp³-hybridized carbons (Fsp3) is 0.167. The summed E-state index contributed by atoms with van der Waals surface area (Å²) in [5, 5.41) is 9.25. The standard InChI is InChI=1S/C24H23N3O2/c1-16-7-10-19(11-8-16)26-24(29)23(17-5-3-2-4-6-17)25-20-12-13-21-18(15-20)9-14-22(28)27-21/h2-8,10-13,15,23,25H,9,14H2,1H3,(H,26,29)(H,27,28). The van der Waals surface area contributed by atoms with E-state index in [1.807, 2.05) is 79.7 Å². The van der Waals surface area contributed by atoms with Crippen molar-refractivity contribution in [2.45, 2.75) is 25.8 Å². The molecule has 0 aliphatic carbocycles. The van der Waals surface area contributed by atoms with Crippen LogP contribution in [-0.4, -0.2) is 11.8 Å². The summed E-state index contributed by atoms with van der Waals surface area (Å²) in [4.78, 5) is 24.7. The Hall–Kier alpha value is -3.60. The van der Waals surface area contributed by atoms with Crippen molar-refractivity contribution in [2.24, 2.45) is 0 Å². The van der Waals surface area contributed by atoms with Crippen molar-refractivity contribution in [1.82, 2.24) is 0 Å². The maximum absolute atomic E-state index is 13.1. The van der Waals surface area contributed by atoms with E-state index in [0.717, 1.165) is 33.8 Å². The van der Waals surface area contributed by atoms with Gasteiger partial charge in [-0.1, -0.05) is 48.0 Å². The maximum atomic E-state index is 13.1. The lowest BCUT2D eigenvalue weighted by Crippen LogP contribution is -2.27. The van der Waals surface area contributed by atoms with Crippen LogP contribution < -0.4 is 16.0 Å². The van der Waals surface area contributed by atoms with Crippen molar-refractivity contribution in [2.75, 3.05) is 16.0 Å². The van der Waals surface area contributed by atoms with Crippen LogP contribution in [0.4, 0.5) is 17.1 Å². The first-order valence-corrected chi connectivity index (χ1v) is 9.70. The van der Waals surface area contributed by atoms with Crippen molar-refractivity contribution in [3.8, 4) is 0 Å². The molecule has 1 atom stereocenters. The SMILES string of the molecule is Cc1ccc(NC(=O)C(Nc2ccc3c(c2)CCC(=O)N3)c2ccccc2)cc1. The normalized spacial score (nSPS) is 13.8. The Bertz CT molecular complexity index is 1030. The van der Waals surface area contributed by atoms with Gasteiger partial charge in [0.05, 0.1) is 0 Å². The number of carbonyl (C=O) groups excluding carboxylic acids is 2. The minimum Gasteiger partial charge on any atom is -0.370 e. The Morgan fingerprint density at radius 3 is 2.41 bits per heavy atom. The number of carbonyl (C=O) groups is 2. The van der Waals surface area contributed by atoms with Crippen LogP contribution in [0.1, 0.15) is 29.2 Å². The highest BCUT2D eigenvalue weighted by Crippen LogP contribution is 2.28. The minimum absolute atomic E-state index is 0.0397. The van der Waals surface area contributed by atoms with Crippen LogP contribution in [0.2, 0.25) is 0 Å². The fourth-order valence-electron chi connectivity index (χ4n) is 3.44. The van der Waals surface area contributed by atoms with Crippen LogP contribution >= 0.6 is 0 Å². The first-order chi connectivity index (χ1) is 14.1. The van der Waals surface area contributed by atoms with E-state index in [0.29, 0.717) is 12.8 Å². The largest absolute Gasteiger partial charge is 0.370 e. The summed E-state index contributed by atoms with van der Waals surface area (Å²) in [6.07, 6.45) is 1.18. The molecule has 0 saturated carbocycles. The van der Waals surface area contributed by atoms with Gasteiger partial charge in [-0.05, 0) is 54.8 Å². The number of rotatable bonds is 5. The van der Waals surface area contributed by atoms with Gasteiger partial charge in [0.1, 0.15) is 6.04 Å². The lowest BCUT2D eigenvalue weighted by molar-refractivity contribution is -0.117. The van der Waals surface area contributed by atoms with Crippen molar-refractivity contribution in [1.29, 1.82) is 0 Å². The molecule has 2 amide bonds. The van der Waals surface area contributed by atoms with Gasteiger partial charge >= 0.3 is 0 Å². The van der Waals surface area contributed by atoms with Gasteiger partial charge in [0.15, 0.2) is 0 Å². The monoisotopic (exact) mass is 385 g/mol. The Kier molecular flexibility index (Phi) is 5.29. The highest BCUT2D eigenvalue weighted by Gasteiger charge is 2.22. The number of anilines is 3. The molecule has 1 unspecified atom stereocenters. The molecule has 3 aromatic rings. The van der Waals surface area contributed by atoms with Gasteiger partial charge in [-0.3, -0.25) is 9.59 Å². The fourth-order valence-corrected chi connectivity index (χ4v) is 3.44. The summed E-state index contributed by atoms with van der Waals surface area (Å²) >= 11 is 0. The predicted octanol–water partition coefficient (Wildman–Crippen LogP) is 4.67. The molecule has 0 bridgehead atoms. The highest BCUT2D eigenvalue weighted by atomic mass is 16.2. The Morgan fingerprint density at radius 1 is 0.931 bits per heavy atom. The summed E-state index contributed by atoms with van der Waals surface area (Å²) in [7, 11) is 0. The number of aryl methyl sites for hydroxylation is 2. The van der Waals surface area contributed by atoms with Crippen LogP contribution in [0.5, 0.6) is 0 Å². The molecule has 1 aliphatic heterocycles. The molecular weight excluding hydrogens is 362 g/mol. The molecule has 3 aromatic carbocycles. The second kappa shape index (κ2) is 8.19. The van der Waals surface area contributed by atoms with Crippen molar-refractivity contribution in [3.63, 3.8) is 0 Å². The van der Waals surface area contributed by atoms with Gasteiger partial charge in [0.25, 0.3) is 5.91 Å². The zero-order valence-corrected chi connectivity index (χ0v) is 16.2. The predicted molar refractivity (Wildman–Crippen MR) is 116 cm³/mol. The highest BCUT2D eigenvalue weighted by molar-refractivity contribution is 5.98. The van der Waals surface area contributed by atoms with Gasteiger partial charge in [-0.2, -0.15) is 0 Å². The Morgan fingerprint density at radius 2 is 1.66 bits per heavy atom. The molecule has 1 aliphatic rings. The molecule has 4 rings (SSSR count). The Balaban J connectivity index is 1.58. The molecule has 5 heteroatoms. The smallest absolute Gasteiger partial charge is 0.251 e. The molecular formula is C24H23N3O2. The van der Waals surface area contributed by atoms with Crippen LogP contribution in [0, 0.1) is 6.92 Å². The summed E-state index contributed by atoms with van der Waals surface area (Å²) in [5.41, 5.74) is 5.53. The number of hydrogen-bond donors (Lipinski definition) is 3. The zero-order valence-electron chi connectivity index (χ0n) is 16.2. The molecule has 146 valence electrons. The molecule has 0 saturated heterocycles. The van der Waals surface area contributed by atoms with Crippen LogP contribution in [0.25, 0.3) is 0 Å². The van der Waals surface area contributed by atoms with E-state index >= 15 is 0 Å². The van der Waals surface area contributed by atoms with E-state index in [-0.39, 0.29) is 11.8 Å². The van der Waals surface area contributed by atoms with Crippen LogP contribution in [0.3, 0.4) is 0 Å². The third-order valence-corrected chi connectivity index (χ3v) is 5.03. The number of amides is 2. The molecule has 29 heavy (non-hydrogen) atoms. The number of nitrogens with one attached hydrogen (secondary N) is 3. The quantitative estimate of drug-likeness (QED) is 0.598. The number of hydrogen-bond acceptors (Lipinski definition) is 3. The average molecular weight is 385 g/mol. The van der Waals surface area contributed by atoms with E-state index in [1.165, 1.54) is 0 Å². The molecule has 5 nitrogen and oxygen atoms in total. The van der Waals surface area contributed by atoms with Crippen LogP contribution in [-0.2, 0) is 16.0 Å². The van der Waals surface area contributed by atoms with Gasteiger partial charge in [0.2, 0.25) is 5.91 Å². The van der Waals surface area contributed by atoms with E-state index < -0.39 is 6.04 Å². The lowest BCUT2D eigenvalue weighted by atomic mass is 10.0. The van der Waals surface area contributed by atoms with Crippen molar-refractivity contribution < 1.29 is 9.59 Å². The lowest BCUT2D eigenvalue weighted by Gasteiger charge is -2.22. The topological polar surface area (TPSA) is 70.2 Å². The summed E-state index contributed by atoms with van der Waals surface area (Å²) in [6, 6.07) is 22.6. The van der Waals surface area contributed by atoms with Crippen molar-refractivity contribution in [3.05, 3.63) is 89.5 Å².